The number of amides is 2. The van der Waals surface area contributed by atoms with Crippen LogP contribution in [0.4, 0.5) is 0 Å². The molecule has 9 nitrogen and oxygen atoms in total. The highest BCUT2D eigenvalue weighted by Gasteiger charge is 2.31. The number of carbonyl (C=O) groups excluding carboxylic acids is 2. The Kier molecular flexibility index (Phi) is 5.66. The predicted molar refractivity (Wildman–Crippen MR) is 104 cm³/mol. The Labute approximate surface area is 169 Å². The number of aryl methyl sites for hydroxylation is 2. The van der Waals surface area contributed by atoms with Crippen molar-refractivity contribution in [3.63, 3.8) is 0 Å². The van der Waals surface area contributed by atoms with E-state index < -0.39 is 0 Å². The summed E-state index contributed by atoms with van der Waals surface area (Å²) in [5.74, 6) is 0.0608. The Morgan fingerprint density at radius 2 is 2.17 bits per heavy atom. The second-order valence-corrected chi connectivity index (χ2v) is 7.72. The van der Waals surface area contributed by atoms with Gasteiger partial charge < -0.3 is 19.1 Å². The van der Waals surface area contributed by atoms with Gasteiger partial charge in [-0.05, 0) is 32.3 Å². The van der Waals surface area contributed by atoms with E-state index in [9.17, 15) is 9.59 Å². The van der Waals surface area contributed by atoms with E-state index in [2.05, 4.69) is 5.16 Å². The number of rotatable bonds is 5. The van der Waals surface area contributed by atoms with E-state index in [1.807, 2.05) is 20.5 Å². The average molecular weight is 401 g/mol. The molecule has 1 atom stereocenters. The van der Waals surface area contributed by atoms with E-state index in [0.29, 0.717) is 49.7 Å². The molecule has 9 heteroatoms. The molecule has 4 rings (SSSR count). The van der Waals surface area contributed by atoms with Crippen LogP contribution in [-0.4, -0.2) is 76.4 Å². The lowest BCUT2D eigenvalue weighted by atomic mass is 9.94. The van der Waals surface area contributed by atoms with Gasteiger partial charge in [-0.1, -0.05) is 5.16 Å². The molecule has 2 aromatic rings. The molecule has 0 aliphatic carbocycles. The summed E-state index contributed by atoms with van der Waals surface area (Å²) < 4.78 is 11.9. The maximum Gasteiger partial charge on any atom is 0.272 e. The van der Waals surface area contributed by atoms with Crippen molar-refractivity contribution in [1.29, 1.82) is 0 Å². The van der Waals surface area contributed by atoms with Crippen LogP contribution < -0.4 is 0 Å². The molecule has 1 saturated heterocycles. The molecule has 0 aromatic carbocycles. The van der Waals surface area contributed by atoms with E-state index >= 15 is 0 Å². The first-order valence-electron chi connectivity index (χ1n) is 10.1. The lowest BCUT2D eigenvalue weighted by Gasteiger charge is -2.31. The minimum Gasteiger partial charge on any atom is -0.383 e. The zero-order valence-electron chi connectivity index (χ0n) is 17.0. The fourth-order valence-corrected chi connectivity index (χ4v) is 4.14. The number of likely N-dealkylation sites (tertiary alicyclic amines) is 1. The van der Waals surface area contributed by atoms with E-state index in [1.165, 1.54) is 6.26 Å². The zero-order chi connectivity index (χ0) is 20.4. The van der Waals surface area contributed by atoms with Crippen molar-refractivity contribution in [3.8, 4) is 0 Å². The van der Waals surface area contributed by atoms with Gasteiger partial charge >= 0.3 is 0 Å². The smallest absolute Gasteiger partial charge is 0.272 e. The van der Waals surface area contributed by atoms with E-state index in [4.69, 9.17) is 14.4 Å². The lowest BCUT2D eigenvalue weighted by Crippen LogP contribution is -2.39. The number of nitrogens with zero attached hydrogens (tertiary/aromatic N) is 5. The molecule has 0 N–H and O–H groups in total. The molecule has 0 spiro atoms. The second-order valence-electron chi connectivity index (χ2n) is 7.72. The van der Waals surface area contributed by atoms with Crippen molar-refractivity contribution < 1.29 is 18.8 Å². The van der Waals surface area contributed by atoms with Gasteiger partial charge in [0.1, 0.15) is 17.5 Å². The second kappa shape index (κ2) is 8.36. The Morgan fingerprint density at radius 1 is 1.31 bits per heavy atom. The number of piperidine rings is 1. The Balaban J connectivity index is 1.51. The molecular formula is C20H27N5O4. The van der Waals surface area contributed by atoms with Gasteiger partial charge in [-0.25, -0.2) is 0 Å². The van der Waals surface area contributed by atoms with Crippen LogP contribution in [-0.2, 0) is 11.3 Å². The van der Waals surface area contributed by atoms with Crippen LogP contribution >= 0.6 is 0 Å². The molecule has 0 bridgehead atoms. The Bertz CT molecular complexity index is 889. The summed E-state index contributed by atoms with van der Waals surface area (Å²) in [7, 11) is 1.64. The molecule has 0 radical (unpaired) electrons. The number of ether oxygens (including phenoxy) is 1. The van der Waals surface area contributed by atoms with Gasteiger partial charge in [0.15, 0.2) is 0 Å². The first-order valence-corrected chi connectivity index (χ1v) is 10.1. The van der Waals surface area contributed by atoms with Crippen molar-refractivity contribution in [2.45, 2.75) is 38.6 Å². The average Bonchev–Trinajstić information content (AvgIpc) is 3.33. The number of fused-ring (bicyclic) bond motifs is 1. The normalized spacial score (nSPS) is 19.9. The molecule has 29 heavy (non-hydrogen) atoms. The van der Waals surface area contributed by atoms with Crippen LogP contribution in [0.1, 0.15) is 57.4 Å². The monoisotopic (exact) mass is 401 g/mol. The highest BCUT2D eigenvalue weighted by molar-refractivity contribution is 5.95. The molecule has 2 aromatic heterocycles. The third-order valence-electron chi connectivity index (χ3n) is 5.78. The number of carbonyl (C=O) groups is 2. The molecule has 1 unspecified atom stereocenters. The summed E-state index contributed by atoms with van der Waals surface area (Å²) >= 11 is 0. The SMILES string of the molecule is COCCN1CCCn2nc(C3CCCN(C(=O)c4conc4C)C3)cc2C1=O. The summed E-state index contributed by atoms with van der Waals surface area (Å²) in [6, 6.07) is 1.91. The fourth-order valence-electron chi connectivity index (χ4n) is 4.14. The third-order valence-corrected chi connectivity index (χ3v) is 5.78. The predicted octanol–water partition coefficient (Wildman–Crippen LogP) is 1.69. The summed E-state index contributed by atoms with van der Waals surface area (Å²) in [5, 5.41) is 8.55. The number of hydrogen-bond donors (Lipinski definition) is 0. The molecule has 0 saturated carbocycles. The van der Waals surface area contributed by atoms with Gasteiger partial charge in [-0.2, -0.15) is 5.10 Å². The van der Waals surface area contributed by atoms with Crippen LogP contribution in [0.5, 0.6) is 0 Å². The maximum absolute atomic E-state index is 12.9. The van der Waals surface area contributed by atoms with Gasteiger partial charge in [0, 0.05) is 45.8 Å². The lowest BCUT2D eigenvalue weighted by molar-refractivity contribution is 0.0692. The van der Waals surface area contributed by atoms with Crippen molar-refractivity contribution in [1.82, 2.24) is 24.7 Å². The number of aromatic nitrogens is 3. The molecule has 156 valence electrons. The van der Waals surface area contributed by atoms with Gasteiger partial charge in [0.05, 0.1) is 18.0 Å². The molecular weight excluding hydrogens is 374 g/mol. The van der Waals surface area contributed by atoms with Crippen molar-refractivity contribution in [3.05, 3.63) is 35.0 Å². The van der Waals surface area contributed by atoms with Crippen LogP contribution in [0.2, 0.25) is 0 Å². The standard InChI is InChI=1S/C20H27N5O4/c1-14-16(13-29-22-14)19(26)24-6-3-5-15(12-24)17-11-18-20(27)23(9-10-28-2)7-4-8-25(18)21-17/h11,13,15H,3-10,12H2,1-2H3. The largest absolute Gasteiger partial charge is 0.383 e. The highest BCUT2D eigenvalue weighted by atomic mass is 16.5. The van der Waals surface area contributed by atoms with Crippen molar-refractivity contribution in [2.75, 3.05) is 39.9 Å². The first-order chi connectivity index (χ1) is 14.1. The minimum absolute atomic E-state index is 0.00198. The van der Waals surface area contributed by atoms with E-state index in [-0.39, 0.29) is 17.7 Å². The van der Waals surface area contributed by atoms with Crippen molar-refractivity contribution in [2.24, 2.45) is 0 Å². The summed E-state index contributed by atoms with van der Waals surface area (Å²) in [4.78, 5) is 29.4. The van der Waals surface area contributed by atoms with Gasteiger partial charge in [-0.15, -0.1) is 0 Å². The molecule has 4 heterocycles. The fraction of sp³-hybridized carbons (Fsp3) is 0.600. The maximum atomic E-state index is 12.9. The number of methoxy groups -OCH3 is 1. The molecule has 2 aliphatic rings. The third kappa shape index (κ3) is 3.91. The van der Waals surface area contributed by atoms with Crippen LogP contribution in [0.25, 0.3) is 0 Å². The van der Waals surface area contributed by atoms with Crippen molar-refractivity contribution >= 4 is 11.8 Å². The van der Waals surface area contributed by atoms with Crippen LogP contribution in [0.3, 0.4) is 0 Å². The van der Waals surface area contributed by atoms with E-state index in [0.717, 1.165) is 31.5 Å². The quantitative estimate of drug-likeness (QED) is 0.757. The first kappa shape index (κ1) is 19.6. The van der Waals surface area contributed by atoms with Gasteiger partial charge in [0.25, 0.3) is 11.8 Å². The summed E-state index contributed by atoms with van der Waals surface area (Å²) in [6.45, 7) is 5.60. The minimum atomic E-state index is -0.0592. The van der Waals surface area contributed by atoms with Crippen LogP contribution in [0, 0.1) is 6.92 Å². The number of hydrogen-bond acceptors (Lipinski definition) is 6. The highest BCUT2D eigenvalue weighted by Crippen LogP contribution is 2.29. The topological polar surface area (TPSA) is 93.7 Å². The Hall–Kier alpha value is -2.68. The molecule has 2 amide bonds. The van der Waals surface area contributed by atoms with Crippen LogP contribution in [0.15, 0.2) is 16.9 Å². The van der Waals surface area contributed by atoms with Gasteiger partial charge in [0.2, 0.25) is 0 Å². The zero-order valence-corrected chi connectivity index (χ0v) is 17.0. The van der Waals surface area contributed by atoms with E-state index in [1.54, 1.807) is 14.0 Å². The Morgan fingerprint density at radius 3 is 2.93 bits per heavy atom. The molecule has 1 fully saturated rings. The summed E-state index contributed by atoms with van der Waals surface area (Å²) in [5.41, 5.74) is 2.64. The molecule has 2 aliphatic heterocycles. The van der Waals surface area contributed by atoms with Gasteiger partial charge in [-0.3, -0.25) is 14.3 Å². The summed E-state index contributed by atoms with van der Waals surface area (Å²) in [6.07, 6.45) is 4.13.